The summed E-state index contributed by atoms with van der Waals surface area (Å²) >= 11 is 0. The van der Waals surface area contributed by atoms with Crippen molar-refractivity contribution >= 4 is 11.5 Å². The Morgan fingerprint density at radius 1 is 1.12 bits per heavy atom. The van der Waals surface area contributed by atoms with Gasteiger partial charge in [0.25, 0.3) is 0 Å². The molecule has 8 nitrogen and oxygen atoms in total. The topological polar surface area (TPSA) is 106 Å². The highest BCUT2D eigenvalue weighted by Gasteiger charge is 2.26. The van der Waals surface area contributed by atoms with Crippen LogP contribution in [-0.2, 0) is 4.84 Å². The Kier molecular flexibility index (Phi) is 5.95. The Bertz CT molecular complexity index is 1320. The molecule has 0 spiro atoms. The normalized spacial score (nSPS) is 16.1. The maximum Gasteiger partial charge on any atom is 0.174 e. The molecule has 3 aromatic heterocycles. The lowest BCUT2D eigenvalue weighted by atomic mass is 9.93. The number of oxime groups is 1. The van der Waals surface area contributed by atoms with Gasteiger partial charge >= 0.3 is 0 Å². The van der Waals surface area contributed by atoms with Crippen LogP contribution in [0, 0.1) is 6.92 Å². The minimum atomic E-state index is -0.247. The lowest BCUT2D eigenvalue weighted by molar-refractivity contribution is 0.0826. The number of aromatic nitrogens is 5. The maximum absolute atomic E-state index is 13.3. The van der Waals surface area contributed by atoms with Gasteiger partial charge in [-0.05, 0) is 48.9 Å². The van der Waals surface area contributed by atoms with Crippen molar-refractivity contribution in [1.29, 1.82) is 0 Å². The number of rotatable bonds is 7. The van der Waals surface area contributed by atoms with Crippen LogP contribution in [0.25, 0.3) is 11.3 Å². The summed E-state index contributed by atoms with van der Waals surface area (Å²) < 4.78 is 0. The van der Waals surface area contributed by atoms with E-state index in [9.17, 15) is 4.79 Å². The fourth-order valence-electron chi connectivity index (χ4n) is 3.96. The highest BCUT2D eigenvalue weighted by atomic mass is 16.6. The van der Waals surface area contributed by atoms with E-state index in [4.69, 9.17) is 4.84 Å². The summed E-state index contributed by atoms with van der Waals surface area (Å²) in [5, 5.41) is 11.1. The largest absolute Gasteiger partial charge is 0.385 e. The highest BCUT2D eigenvalue weighted by Crippen LogP contribution is 2.31. The van der Waals surface area contributed by atoms with Crippen molar-refractivity contribution in [2.24, 2.45) is 5.16 Å². The first-order chi connectivity index (χ1) is 16.6. The molecular weight excluding hydrogens is 428 g/mol. The number of hydrogen-bond donors (Lipinski definition) is 1. The Labute approximate surface area is 197 Å². The molecule has 4 heterocycles. The number of nitrogens with one attached hydrogen (secondary N) is 1. The summed E-state index contributed by atoms with van der Waals surface area (Å²) in [6, 6.07) is 15.5. The molecule has 4 aromatic rings. The van der Waals surface area contributed by atoms with E-state index in [0.717, 1.165) is 33.8 Å². The summed E-state index contributed by atoms with van der Waals surface area (Å²) in [6.07, 6.45) is 5.65. The van der Waals surface area contributed by atoms with Crippen LogP contribution in [0.15, 0.2) is 72.4 Å². The second-order valence-corrected chi connectivity index (χ2v) is 8.51. The fourth-order valence-corrected chi connectivity index (χ4v) is 3.96. The molecule has 0 aliphatic carbocycles. The van der Waals surface area contributed by atoms with Crippen molar-refractivity contribution in [1.82, 2.24) is 25.1 Å². The third-order valence-electron chi connectivity index (χ3n) is 5.87. The average molecular weight is 453 g/mol. The van der Waals surface area contributed by atoms with E-state index in [1.807, 2.05) is 68.6 Å². The Balaban J connectivity index is 1.46. The quantitative estimate of drug-likeness (QED) is 0.403. The number of aromatic amines is 1. The van der Waals surface area contributed by atoms with Crippen LogP contribution >= 0.6 is 0 Å². The van der Waals surface area contributed by atoms with Crippen molar-refractivity contribution in [2.75, 3.05) is 0 Å². The van der Waals surface area contributed by atoms with Gasteiger partial charge in [0, 0.05) is 47.8 Å². The highest BCUT2D eigenvalue weighted by molar-refractivity contribution is 6.05. The van der Waals surface area contributed by atoms with Crippen molar-refractivity contribution in [3.8, 4) is 11.3 Å². The predicted octanol–water partition coefficient (Wildman–Crippen LogP) is 4.81. The van der Waals surface area contributed by atoms with Gasteiger partial charge in [0.1, 0.15) is 12.2 Å². The lowest BCUT2D eigenvalue weighted by Crippen LogP contribution is -2.09. The molecule has 0 saturated carbocycles. The predicted molar refractivity (Wildman–Crippen MR) is 127 cm³/mol. The third-order valence-corrected chi connectivity index (χ3v) is 5.87. The van der Waals surface area contributed by atoms with Crippen LogP contribution in [0.5, 0.6) is 0 Å². The monoisotopic (exact) mass is 452 g/mol. The van der Waals surface area contributed by atoms with Gasteiger partial charge in [-0.1, -0.05) is 24.2 Å². The van der Waals surface area contributed by atoms with Crippen LogP contribution in [0.3, 0.4) is 0 Å². The molecule has 0 fully saturated rings. The van der Waals surface area contributed by atoms with Crippen molar-refractivity contribution < 1.29 is 9.63 Å². The molecule has 0 bridgehead atoms. The third kappa shape index (κ3) is 4.61. The number of nitrogens with zero attached hydrogens (tertiary/aromatic N) is 5. The second kappa shape index (κ2) is 9.35. The molecule has 1 N–H and O–H groups in total. The lowest BCUT2D eigenvalue weighted by Gasteiger charge is -2.11. The zero-order chi connectivity index (χ0) is 23.5. The van der Waals surface area contributed by atoms with Gasteiger partial charge in [0.15, 0.2) is 11.9 Å². The van der Waals surface area contributed by atoms with Crippen LogP contribution in [0.2, 0.25) is 0 Å². The van der Waals surface area contributed by atoms with E-state index >= 15 is 0 Å². The minimum absolute atomic E-state index is 0.0138. The zero-order valence-corrected chi connectivity index (χ0v) is 19.0. The first-order valence-electron chi connectivity index (χ1n) is 11.2. The Morgan fingerprint density at radius 2 is 2.00 bits per heavy atom. The number of Topliss-reactive ketones (excluding diaryl/α,β-unsaturated/α-hetero) is 1. The van der Waals surface area contributed by atoms with Crippen molar-refractivity contribution in [3.63, 3.8) is 0 Å². The van der Waals surface area contributed by atoms with Gasteiger partial charge in [0.05, 0.1) is 17.1 Å². The number of H-pyrrole nitrogens is 1. The SMILES string of the molecule is Cc1ccc(-c2cc(C(=O)C[C@H](C)c3ncn[nH]3)cc(C3=NO[C@H](c4ccccn4)C3)c2)nc1. The maximum atomic E-state index is 13.3. The number of pyridine rings is 2. The summed E-state index contributed by atoms with van der Waals surface area (Å²) in [5.74, 6) is 0.622. The summed E-state index contributed by atoms with van der Waals surface area (Å²) in [4.78, 5) is 32.1. The smallest absolute Gasteiger partial charge is 0.174 e. The summed E-state index contributed by atoms with van der Waals surface area (Å²) in [5.41, 5.74) is 5.78. The molecule has 34 heavy (non-hydrogen) atoms. The van der Waals surface area contributed by atoms with Crippen LogP contribution < -0.4 is 0 Å². The number of ketones is 1. The van der Waals surface area contributed by atoms with Gasteiger partial charge in [-0.25, -0.2) is 4.98 Å². The average Bonchev–Trinajstić information content (AvgIpc) is 3.58. The number of hydrogen-bond acceptors (Lipinski definition) is 7. The van der Waals surface area contributed by atoms with Gasteiger partial charge < -0.3 is 4.84 Å². The zero-order valence-electron chi connectivity index (χ0n) is 19.0. The molecule has 5 rings (SSSR count). The van der Waals surface area contributed by atoms with Crippen LogP contribution in [0.4, 0.5) is 0 Å². The molecule has 1 aromatic carbocycles. The fraction of sp³-hybridized carbons (Fsp3) is 0.231. The molecule has 2 atom stereocenters. The first-order valence-corrected chi connectivity index (χ1v) is 11.2. The van der Waals surface area contributed by atoms with Crippen molar-refractivity contribution in [3.05, 3.63) is 95.5 Å². The molecule has 0 unspecified atom stereocenters. The molecule has 8 heteroatoms. The van der Waals surface area contributed by atoms with E-state index in [1.165, 1.54) is 6.33 Å². The van der Waals surface area contributed by atoms with Gasteiger partial charge in [0.2, 0.25) is 0 Å². The first kappa shape index (κ1) is 21.6. The molecule has 170 valence electrons. The van der Waals surface area contributed by atoms with E-state index in [1.54, 1.807) is 6.20 Å². The van der Waals surface area contributed by atoms with Crippen LogP contribution in [-0.4, -0.2) is 36.6 Å². The van der Waals surface area contributed by atoms with Crippen LogP contribution in [0.1, 0.15) is 64.8 Å². The van der Waals surface area contributed by atoms with Crippen molar-refractivity contribution in [2.45, 2.75) is 38.7 Å². The van der Waals surface area contributed by atoms with Gasteiger partial charge in [-0.15, -0.1) is 0 Å². The number of aryl methyl sites for hydroxylation is 1. The minimum Gasteiger partial charge on any atom is -0.385 e. The molecule has 0 amide bonds. The van der Waals surface area contributed by atoms with Gasteiger partial charge in [-0.3, -0.25) is 19.9 Å². The van der Waals surface area contributed by atoms with Gasteiger partial charge in [-0.2, -0.15) is 5.10 Å². The summed E-state index contributed by atoms with van der Waals surface area (Å²) in [6.45, 7) is 3.95. The van der Waals surface area contributed by atoms with E-state index in [0.29, 0.717) is 24.2 Å². The number of carbonyl (C=O) groups excluding carboxylic acids is 1. The molecule has 1 aliphatic rings. The second-order valence-electron chi connectivity index (χ2n) is 8.51. The molecule has 0 saturated heterocycles. The Hall–Kier alpha value is -4.20. The summed E-state index contributed by atoms with van der Waals surface area (Å²) in [7, 11) is 0. The van der Waals surface area contributed by atoms with E-state index in [2.05, 4.69) is 30.3 Å². The Morgan fingerprint density at radius 3 is 2.74 bits per heavy atom. The molecular formula is C26H24N6O2. The number of benzene rings is 1. The standard InChI is InChI=1S/C26H24N6O2/c1-16-6-7-21(28-14-16)18-10-19(23-13-25(34-32-23)22-5-3-4-8-27-22)12-20(11-18)24(33)9-17(2)26-29-15-30-31-26/h3-8,10-12,14-15,17,25H,9,13H2,1-2H3,(H,29,30,31)/t17-,25-/m0/s1. The van der Waals surface area contributed by atoms with E-state index < -0.39 is 0 Å². The number of carbonyl (C=O) groups is 1. The molecule has 0 radical (unpaired) electrons. The van der Waals surface area contributed by atoms with E-state index in [-0.39, 0.29) is 17.8 Å². The molecule has 1 aliphatic heterocycles.